The molecule has 0 atom stereocenters. The molecule has 0 spiro atoms. The van der Waals surface area contributed by atoms with Gasteiger partial charge in [0.05, 0.1) is 18.7 Å². The minimum absolute atomic E-state index is 0.635. The molecule has 1 aromatic heterocycles. The van der Waals surface area contributed by atoms with E-state index in [0.29, 0.717) is 11.3 Å². The first kappa shape index (κ1) is 19.7. The Morgan fingerprint density at radius 1 is 0.967 bits per heavy atom. The predicted octanol–water partition coefficient (Wildman–Crippen LogP) is 5.42. The van der Waals surface area contributed by atoms with E-state index in [2.05, 4.69) is 52.0 Å². The van der Waals surface area contributed by atoms with E-state index in [1.54, 1.807) is 18.9 Å². The summed E-state index contributed by atoms with van der Waals surface area (Å²) in [5.74, 6) is 2.19. The lowest BCUT2D eigenvalue weighted by atomic mass is 10.1. The standard InChI is InChI=1S/C24H20N4OS/c1-17-7-11-21(12-8-17)28-23(18-9-13-22(29-2)14-10-18)26-27-24(28)30-16-20-6-4-3-5-19(20)15-25/h3-14H,16H2,1-2H3. The van der Waals surface area contributed by atoms with Gasteiger partial charge in [-0.2, -0.15) is 5.26 Å². The fraction of sp³-hybridized carbons (Fsp3) is 0.125. The minimum Gasteiger partial charge on any atom is -0.497 e. The molecular weight excluding hydrogens is 392 g/mol. The molecule has 148 valence electrons. The Bertz CT molecular complexity index is 1190. The number of benzene rings is 3. The van der Waals surface area contributed by atoms with E-state index in [4.69, 9.17) is 4.74 Å². The Morgan fingerprint density at radius 2 is 1.70 bits per heavy atom. The zero-order valence-corrected chi connectivity index (χ0v) is 17.6. The third kappa shape index (κ3) is 4.07. The van der Waals surface area contributed by atoms with Gasteiger partial charge in [0.2, 0.25) is 0 Å². The minimum atomic E-state index is 0.635. The van der Waals surface area contributed by atoms with Crippen LogP contribution in [0, 0.1) is 18.3 Å². The Labute approximate surface area is 180 Å². The highest BCUT2D eigenvalue weighted by molar-refractivity contribution is 7.98. The van der Waals surface area contributed by atoms with Crippen LogP contribution in [0.3, 0.4) is 0 Å². The zero-order chi connectivity index (χ0) is 20.9. The number of hydrogen-bond acceptors (Lipinski definition) is 5. The van der Waals surface area contributed by atoms with E-state index in [-0.39, 0.29) is 0 Å². The number of nitriles is 1. The third-order valence-electron chi connectivity index (χ3n) is 4.77. The van der Waals surface area contributed by atoms with Gasteiger partial charge >= 0.3 is 0 Å². The summed E-state index contributed by atoms with van der Waals surface area (Å²) < 4.78 is 7.33. The predicted molar refractivity (Wildman–Crippen MR) is 119 cm³/mol. The van der Waals surface area contributed by atoms with Gasteiger partial charge in [0.25, 0.3) is 0 Å². The first-order valence-corrected chi connectivity index (χ1v) is 10.5. The molecule has 0 unspecified atom stereocenters. The fourth-order valence-electron chi connectivity index (χ4n) is 3.11. The van der Waals surface area contributed by atoms with Crippen LogP contribution in [0.25, 0.3) is 17.1 Å². The van der Waals surface area contributed by atoms with Crippen LogP contribution in [-0.4, -0.2) is 21.9 Å². The maximum atomic E-state index is 9.37. The summed E-state index contributed by atoms with van der Waals surface area (Å²) in [4.78, 5) is 0. The molecule has 0 aliphatic carbocycles. The van der Waals surface area contributed by atoms with Crippen LogP contribution in [-0.2, 0) is 5.75 Å². The van der Waals surface area contributed by atoms with E-state index in [0.717, 1.165) is 33.5 Å². The van der Waals surface area contributed by atoms with E-state index in [9.17, 15) is 5.26 Å². The summed E-state index contributed by atoms with van der Waals surface area (Å²) in [5.41, 5.74) is 4.80. The number of aryl methyl sites for hydroxylation is 1. The molecule has 0 aliphatic rings. The van der Waals surface area contributed by atoms with Crippen LogP contribution in [0.15, 0.2) is 78.0 Å². The van der Waals surface area contributed by atoms with Gasteiger partial charge in [0, 0.05) is 17.0 Å². The normalized spacial score (nSPS) is 10.6. The van der Waals surface area contributed by atoms with Crippen molar-refractivity contribution in [3.05, 3.63) is 89.5 Å². The molecule has 0 radical (unpaired) electrons. The number of hydrogen-bond donors (Lipinski definition) is 0. The highest BCUT2D eigenvalue weighted by Gasteiger charge is 2.17. The van der Waals surface area contributed by atoms with Crippen LogP contribution in [0.5, 0.6) is 5.75 Å². The maximum Gasteiger partial charge on any atom is 0.196 e. The van der Waals surface area contributed by atoms with Gasteiger partial charge in [-0.25, -0.2) is 0 Å². The number of thioether (sulfide) groups is 1. The molecule has 3 aromatic carbocycles. The Morgan fingerprint density at radius 3 is 2.40 bits per heavy atom. The lowest BCUT2D eigenvalue weighted by Gasteiger charge is -2.11. The van der Waals surface area contributed by atoms with E-state index in [1.807, 2.05) is 48.5 Å². The Hall–Kier alpha value is -3.56. The van der Waals surface area contributed by atoms with E-state index >= 15 is 0 Å². The van der Waals surface area contributed by atoms with Gasteiger partial charge in [-0.3, -0.25) is 4.57 Å². The van der Waals surface area contributed by atoms with Crippen molar-refractivity contribution in [2.45, 2.75) is 17.8 Å². The van der Waals surface area contributed by atoms with Crippen molar-refractivity contribution in [3.8, 4) is 28.9 Å². The highest BCUT2D eigenvalue weighted by atomic mass is 32.2. The lowest BCUT2D eigenvalue weighted by molar-refractivity contribution is 0.415. The largest absolute Gasteiger partial charge is 0.497 e. The molecule has 0 bridgehead atoms. The van der Waals surface area contributed by atoms with Crippen molar-refractivity contribution in [2.75, 3.05) is 7.11 Å². The van der Waals surface area contributed by atoms with Crippen LogP contribution < -0.4 is 4.74 Å². The molecule has 5 nitrogen and oxygen atoms in total. The summed E-state index contributed by atoms with van der Waals surface area (Å²) in [7, 11) is 1.65. The lowest BCUT2D eigenvalue weighted by Crippen LogP contribution is -2.00. The summed E-state index contributed by atoms with van der Waals surface area (Å²) in [5, 5.41) is 19.1. The average Bonchev–Trinajstić information content (AvgIpc) is 3.22. The second-order valence-electron chi connectivity index (χ2n) is 6.76. The van der Waals surface area contributed by atoms with Crippen molar-refractivity contribution < 1.29 is 4.74 Å². The third-order valence-corrected chi connectivity index (χ3v) is 5.75. The number of rotatable bonds is 6. The molecular formula is C24H20N4OS. The van der Waals surface area contributed by atoms with E-state index < -0.39 is 0 Å². The summed E-state index contributed by atoms with van der Waals surface area (Å²) >= 11 is 1.57. The molecule has 4 rings (SSSR count). The van der Waals surface area contributed by atoms with Gasteiger partial charge in [-0.15, -0.1) is 10.2 Å². The molecule has 0 fully saturated rings. The first-order valence-electron chi connectivity index (χ1n) is 9.47. The van der Waals surface area contributed by atoms with Gasteiger partial charge in [0.1, 0.15) is 5.75 Å². The molecule has 0 saturated heterocycles. The zero-order valence-electron chi connectivity index (χ0n) is 16.7. The van der Waals surface area contributed by atoms with Crippen molar-refractivity contribution >= 4 is 11.8 Å². The average molecular weight is 413 g/mol. The second-order valence-corrected chi connectivity index (χ2v) is 7.71. The van der Waals surface area contributed by atoms with Crippen molar-refractivity contribution in [2.24, 2.45) is 0 Å². The van der Waals surface area contributed by atoms with Crippen molar-refractivity contribution in [1.29, 1.82) is 5.26 Å². The molecule has 0 aliphatic heterocycles. The number of aromatic nitrogens is 3. The SMILES string of the molecule is COc1ccc(-c2nnc(SCc3ccccc3C#N)n2-c2ccc(C)cc2)cc1. The molecule has 0 N–H and O–H groups in total. The van der Waals surface area contributed by atoms with Crippen molar-refractivity contribution in [3.63, 3.8) is 0 Å². The van der Waals surface area contributed by atoms with Gasteiger partial charge in [-0.05, 0) is 55.0 Å². The summed E-state index contributed by atoms with van der Waals surface area (Å²) in [6.07, 6.45) is 0. The van der Waals surface area contributed by atoms with Crippen LogP contribution >= 0.6 is 11.8 Å². The van der Waals surface area contributed by atoms with Crippen LogP contribution in [0.4, 0.5) is 0 Å². The first-order chi connectivity index (χ1) is 14.7. The van der Waals surface area contributed by atoms with Gasteiger partial charge in [0.15, 0.2) is 11.0 Å². The summed E-state index contributed by atoms with van der Waals surface area (Å²) in [6, 6.07) is 26.0. The van der Waals surface area contributed by atoms with E-state index in [1.165, 1.54) is 5.56 Å². The van der Waals surface area contributed by atoms with Gasteiger partial charge < -0.3 is 4.74 Å². The molecule has 0 amide bonds. The fourth-order valence-corrected chi connectivity index (χ4v) is 4.07. The van der Waals surface area contributed by atoms with Crippen molar-refractivity contribution in [1.82, 2.24) is 14.8 Å². The molecule has 6 heteroatoms. The number of methoxy groups -OCH3 is 1. The maximum absolute atomic E-state index is 9.37. The molecule has 30 heavy (non-hydrogen) atoms. The highest BCUT2D eigenvalue weighted by Crippen LogP contribution is 2.31. The molecule has 1 heterocycles. The van der Waals surface area contributed by atoms with Gasteiger partial charge in [-0.1, -0.05) is 47.7 Å². The molecule has 0 saturated carbocycles. The Balaban J connectivity index is 1.74. The second kappa shape index (κ2) is 8.85. The smallest absolute Gasteiger partial charge is 0.196 e. The monoisotopic (exact) mass is 412 g/mol. The number of nitrogens with zero attached hydrogens (tertiary/aromatic N) is 4. The van der Waals surface area contributed by atoms with Crippen LogP contribution in [0.2, 0.25) is 0 Å². The topological polar surface area (TPSA) is 63.7 Å². The van der Waals surface area contributed by atoms with Crippen LogP contribution in [0.1, 0.15) is 16.7 Å². The molecule has 4 aromatic rings. The quantitative estimate of drug-likeness (QED) is 0.396. The summed E-state index contributed by atoms with van der Waals surface area (Å²) in [6.45, 7) is 2.06. The Kier molecular flexibility index (Phi) is 5.82. The number of ether oxygens (including phenoxy) is 1.